The highest BCUT2D eigenvalue weighted by Crippen LogP contribution is 2.39. The predicted octanol–water partition coefficient (Wildman–Crippen LogP) is 5.54. The quantitative estimate of drug-likeness (QED) is 0.0723. The molecule has 2 amide bonds. The number of para-hydroxylation sites is 2. The number of nitrogens with two attached hydrogens (primary N) is 1. The molecule has 1 aliphatic heterocycles. The topological polar surface area (TPSA) is 167 Å². The molecule has 5 rings (SSSR count). The van der Waals surface area contributed by atoms with Gasteiger partial charge in [0.15, 0.2) is 6.29 Å². The number of anilines is 3. The summed E-state index contributed by atoms with van der Waals surface area (Å²) in [5.41, 5.74) is 10.4. The summed E-state index contributed by atoms with van der Waals surface area (Å²) in [4.78, 5) is 25.0. The number of amides is 2. The van der Waals surface area contributed by atoms with Crippen LogP contribution in [0.15, 0.2) is 78.0 Å². The van der Waals surface area contributed by atoms with Crippen LogP contribution in [0.25, 0.3) is 0 Å². The summed E-state index contributed by atoms with van der Waals surface area (Å²) in [6.45, 7) is -0.0226. The molecule has 1 saturated heterocycles. The van der Waals surface area contributed by atoms with Gasteiger partial charge in [-0.05, 0) is 58.7 Å². The Bertz CT molecular complexity index is 1620. The Labute approximate surface area is 278 Å². The lowest BCUT2D eigenvalue weighted by Gasteiger charge is -2.36. The Morgan fingerprint density at radius 2 is 1.68 bits per heavy atom. The van der Waals surface area contributed by atoms with E-state index < -0.39 is 6.29 Å². The number of nitrogen functional groups attached to an aromatic ring is 1. The third-order valence-corrected chi connectivity index (χ3v) is 8.97. The smallest absolute Gasteiger partial charge is 0.224 e. The zero-order chi connectivity index (χ0) is 33.0. The Balaban J connectivity index is 1.11. The summed E-state index contributed by atoms with van der Waals surface area (Å²) in [5, 5.41) is 27.7. The first kappa shape index (κ1) is 34.0. The van der Waals surface area contributed by atoms with Gasteiger partial charge in [0.25, 0.3) is 0 Å². The molecule has 0 aliphatic carbocycles. The molecule has 2 heterocycles. The van der Waals surface area contributed by atoms with Crippen molar-refractivity contribution in [3.63, 3.8) is 0 Å². The molecule has 0 radical (unpaired) electrons. The van der Waals surface area contributed by atoms with Crippen molar-refractivity contribution >= 4 is 40.6 Å². The van der Waals surface area contributed by atoms with E-state index in [4.69, 9.17) is 15.2 Å². The number of tetrazole rings is 1. The van der Waals surface area contributed by atoms with E-state index in [1.54, 1.807) is 23.9 Å². The molecule has 0 spiro atoms. The summed E-state index contributed by atoms with van der Waals surface area (Å²) in [6.07, 6.45) is 3.56. The molecular formula is C34H41N7O5S. The molecule has 1 aromatic heterocycles. The van der Waals surface area contributed by atoms with Gasteiger partial charge >= 0.3 is 0 Å². The minimum absolute atomic E-state index is 0.0226. The fourth-order valence-electron chi connectivity index (χ4n) is 5.27. The molecule has 47 heavy (non-hydrogen) atoms. The number of aryl methyl sites for hydroxylation is 1. The van der Waals surface area contributed by atoms with Crippen LogP contribution in [0.2, 0.25) is 0 Å². The van der Waals surface area contributed by atoms with Crippen LogP contribution in [-0.4, -0.2) is 49.0 Å². The van der Waals surface area contributed by atoms with Gasteiger partial charge in [0.1, 0.15) is 0 Å². The summed E-state index contributed by atoms with van der Waals surface area (Å²) >= 11 is 1.52. The van der Waals surface area contributed by atoms with E-state index in [0.29, 0.717) is 47.2 Å². The maximum absolute atomic E-state index is 12.8. The van der Waals surface area contributed by atoms with Crippen LogP contribution in [0.3, 0.4) is 0 Å². The second-order valence-electron chi connectivity index (χ2n) is 11.5. The number of thioether (sulfide) groups is 1. The average Bonchev–Trinajstić information content (AvgIpc) is 3.50. The van der Waals surface area contributed by atoms with E-state index in [1.807, 2.05) is 60.7 Å². The minimum Gasteiger partial charge on any atom is -0.397 e. The van der Waals surface area contributed by atoms with Gasteiger partial charge in [-0.3, -0.25) is 9.59 Å². The fourth-order valence-corrected chi connectivity index (χ4v) is 6.14. The number of hydrogen-bond donors (Lipinski definition) is 4. The number of aromatic nitrogens is 4. The van der Waals surface area contributed by atoms with Gasteiger partial charge in [-0.1, -0.05) is 73.1 Å². The summed E-state index contributed by atoms with van der Waals surface area (Å²) in [7, 11) is 1.80. The second-order valence-corrected chi connectivity index (χ2v) is 12.5. The molecule has 3 atom stereocenters. The zero-order valence-electron chi connectivity index (χ0n) is 26.4. The maximum atomic E-state index is 12.8. The van der Waals surface area contributed by atoms with Crippen molar-refractivity contribution in [3.05, 3.63) is 89.5 Å². The van der Waals surface area contributed by atoms with Gasteiger partial charge < -0.3 is 30.9 Å². The Hall–Kier alpha value is -4.30. The molecule has 4 aromatic rings. The van der Waals surface area contributed by atoms with Crippen LogP contribution in [-0.2, 0) is 32.7 Å². The number of ether oxygens (including phenoxy) is 2. The third-order valence-electron chi connectivity index (χ3n) is 7.83. The number of hydrogen-bond acceptors (Lipinski definition) is 10. The number of benzene rings is 3. The van der Waals surface area contributed by atoms with Crippen molar-refractivity contribution in [2.24, 2.45) is 7.05 Å². The SMILES string of the molecule is Cn1nnnc1SC[C@H]1C[C@@H](c2ccc(CO)cc2)O[C@@H](c2cccc(NC(=O)CCCCCCC(=O)Nc3ccccc3N)c2)O1. The number of carbonyl (C=O) groups excluding carboxylic acids is 2. The number of aliphatic hydroxyl groups excluding tert-OH is 1. The predicted molar refractivity (Wildman–Crippen MR) is 180 cm³/mol. The van der Waals surface area contributed by atoms with Gasteiger partial charge in [-0.2, -0.15) is 0 Å². The number of carbonyl (C=O) groups is 2. The molecule has 0 unspecified atom stereocenters. The summed E-state index contributed by atoms with van der Waals surface area (Å²) < 4.78 is 14.5. The van der Waals surface area contributed by atoms with Gasteiger partial charge in [0, 0.05) is 43.3 Å². The van der Waals surface area contributed by atoms with E-state index in [9.17, 15) is 14.7 Å². The number of rotatable bonds is 15. The van der Waals surface area contributed by atoms with Crippen LogP contribution in [0.5, 0.6) is 0 Å². The average molecular weight is 660 g/mol. The van der Waals surface area contributed by atoms with Crippen LogP contribution >= 0.6 is 11.8 Å². The van der Waals surface area contributed by atoms with E-state index >= 15 is 0 Å². The fraction of sp³-hybridized carbons (Fsp3) is 0.382. The van der Waals surface area contributed by atoms with E-state index in [0.717, 1.165) is 42.4 Å². The molecule has 3 aromatic carbocycles. The summed E-state index contributed by atoms with van der Waals surface area (Å²) in [5.74, 6) is 0.491. The minimum atomic E-state index is -0.651. The van der Waals surface area contributed by atoms with Crippen LogP contribution < -0.4 is 16.4 Å². The highest BCUT2D eigenvalue weighted by Gasteiger charge is 2.32. The monoisotopic (exact) mass is 659 g/mol. The van der Waals surface area contributed by atoms with E-state index in [-0.39, 0.29) is 30.6 Å². The first-order valence-corrected chi connectivity index (χ1v) is 16.8. The number of nitrogens with one attached hydrogen (secondary N) is 2. The lowest BCUT2D eigenvalue weighted by molar-refractivity contribution is -0.245. The molecule has 1 fully saturated rings. The molecule has 5 N–H and O–H groups in total. The molecule has 13 heteroatoms. The lowest BCUT2D eigenvalue weighted by atomic mass is 10.0. The van der Waals surface area contributed by atoms with Crippen molar-refractivity contribution in [3.8, 4) is 0 Å². The maximum Gasteiger partial charge on any atom is 0.224 e. The zero-order valence-corrected chi connectivity index (χ0v) is 27.2. The third kappa shape index (κ3) is 10.1. The van der Waals surface area contributed by atoms with Gasteiger partial charge in [-0.25, -0.2) is 4.68 Å². The van der Waals surface area contributed by atoms with E-state index in [1.165, 1.54) is 11.8 Å². The standard InChI is InChI=1S/C34H41N7O5S/c1-41-34(38-39-40-41)47-22-27-20-30(24-17-15-23(21-42)16-18-24)46-33(45-27)25-9-8-10-26(19-25)36-31(43)13-4-2-3-5-14-32(44)37-29-12-7-6-11-28(29)35/h6-12,15-19,27,30,33,42H,2-5,13-14,20-22,35H2,1H3,(H,36,43)(H,37,44)/t27-,30+,33+/m1/s1. The molecule has 1 aliphatic rings. The van der Waals surface area contributed by atoms with Gasteiger partial charge in [0.2, 0.25) is 17.0 Å². The van der Waals surface area contributed by atoms with Crippen LogP contribution in [0.1, 0.15) is 74.0 Å². The van der Waals surface area contributed by atoms with E-state index in [2.05, 4.69) is 26.2 Å². The molecule has 12 nitrogen and oxygen atoms in total. The molecule has 0 bridgehead atoms. The number of aliphatic hydroxyl groups is 1. The Morgan fingerprint density at radius 3 is 2.38 bits per heavy atom. The Kier molecular flexibility index (Phi) is 12.3. The van der Waals surface area contributed by atoms with Crippen molar-refractivity contribution in [1.82, 2.24) is 20.2 Å². The normalized spacial score (nSPS) is 17.7. The Morgan fingerprint density at radius 1 is 0.936 bits per heavy atom. The van der Waals surface area contributed by atoms with Crippen LogP contribution in [0.4, 0.5) is 17.1 Å². The van der Waals surface area contributed by atoms with Gasteiger partial charge in [0.05, 0.1) is 30.2 Å². The van der Waals surface area contributed by atoms with Crippen molar-refractivity contribution in [2.45, 2.75) is 75.2 Å². The highest BCUT2D eigenvalue weighted by molar-refractivity contribution is 7.99. The van der Waals surface area contributed by atoms with Crippen molar-refractivity contribution in [1.29, 1.82) is 0 Å². The highest BCUT2D eigenvalue weighted by atomic mass is 32.2. The van der Waals surface area contributed by atoms with Gasteiger partial charge in [-0.15, -0.1) is 5.10 Å². The second kappa shape index (κ2) is 17.0. The summed E-state index contributed by atoms with van der Waals surface area (Å²) in [6, 6.07) is 22.5. The lowest BCUT2D eigenvalue weighted by Crippen LogP contribution is -2.31. The van der Waals surface area contributed by atoms with Crippen molar-refractivity contribution < 1.29 is 24.2 Å². The van der Waals surface area contributed by atoms with Crippen molar-refractivity contribution in [2.75, 3.05) is 22.1 Å². The number of unbranched alkanes of at least 4 members (excludes halogenated alkanes) is 3. The number of nitrogens with zero attached hydrogens (tertiary/aromatic N) is 4. The first-order valence-electron chi connectivity index (χ1n) is 15.8. The molecule has 248 valence electrons. The molecular weight excluding hydrogens is 618 g/mol. The largest absolute Gasteiger partial charge is 0.397 e. The molecule has 0 saturated carbocycles. The van der Waals surface area contributed by atoms with Crippen LogP contribution in [0, 0.1) is 0 Å². The first-order chi connectivity index (χ1) is 22.9.